The highest BCUT2D eigenvalue weighted by atomic mass is 16.6. The van der Waals surface area contributed by atoms with Crippen molar-refractivity contribution in [1.82, 2.24) is 4.90 Å². The second-order valence-electron chi connectivity index (χ2n) is 5.59. The van der Waals surface area contributed by atoms with Crippen LogP contribution in [0.5, 0.6) is 0 Å². The molecule has 0 fully saturated rings. The fourth-order valence-electron chi connectivity index (χ4n) is 2.04. The second-order valence-corrected chi connectivity index (χ2v) is 5.59. The Morgan fingerprint density at radius 2 is 2.04 bits per heavy atom. The molecule has 0 aliphatic rings. The van der Waals surface area contributed by atoms with Gasteiger partial charge in [0.1, 0.15) is 0 Å². The predicted octanol–water partition coefficient (Wildman–Crippen LogP) is 1.43. The normalized spacial score (nSPS) is 10.8. The van der Waals surface area contributed by atoms with Gasteiger partial charge in [-0.3, -0.25) is 24.6 Å². The van der Waals surface area contributed by atoms with Crippen LogP contribution in [-0.4, -0.2) is 40.8 Å². The molecule has 23 heavy (non-hydrogen) atoms. The number of primary amides is 1. The van der Waals surface area contributed by atoms with Crippen molar-refractivity contribution in [3.63, 3.8) is 0 Å². The number of carbonyl (C=O) groups is 2. The third-order valence-electron chi connectivity index (χ3n) is 3.42. The van der Waals surface area contributed by atoms with E-state index in [9.17, 15) is 19.7 Å². The molecule has 0 saturated heterocycles. The summed E-state index contributed by atoms with van der Waals surface area (Å²) in [5, 5.41) is 13.5. The first-order valence-corrected chi connectivity index (χ1v) is 7.28. The highest BCUT2D eigenvalue weighted by Crippen LogP contribution is 2.21. The van der Waals surface area contributed by atoms with E-state index in [0.717, 1.165) is 5.56 Å². The van der Waals surface area contributed by atoms with E-state index in [1.807, 2.05) is 13.8 Å². The number of hydrogen-bond acceptors (Lipinski definition) is 5. The number of non-ortho nitro benzene ring substituents is 1. The van der Waals surface area contributed by atoms with Gasteiger partial charge in [0.05, 0.1) is 17.2 Å². The molecule has 2 amide bonds. The fourth-order valence-corrected chi connectivity index (χ4v) is 2.04. The molecule has 0 aliphatic carbocycles. The molecule has 0 radical (unpaired) electrons. The third-order valence-corrected chi connectivity index (χ3v) is 3.42. The number of amides is 2. The van der Waals surface area contributed by atoms with Crippen molar-refractivity contribution in [3.05, 3.63) is 33.9 Å². The SMILES string of the molecule is Cc1ccc([N+](=O)[O-])cc1NC(=O)CCN(CC(N)=O)C(C)C. The first-order chi connectivity index (χ1) is 10.7. The lowest BCUT2D eigenvalue weighted by molar-refractivity contribution is -0.384. The van der Waals surface area contributed by atoms with Gasteiger partial charge in [-0.15, -0.1) is 0 Å². The summed E-state index contributed by atoms with van der Waals surface area (Å²) < 4.78 is 0. The third kappa shape index (κ3) is 6.03. The monoisotopic (exact) mass is 322 g/mol. The van der Waals surface area contributed by atoms with Gasteiger partial charge >= 0.3 is 0 Å². The van der Waals surface area contributed by atoms with E-state index in [1.165, 1.54) is 12.1 Å². The summed E-state index contributed by atoms with van der Waals surface area (Å²) in [5.74, 6) is -0.725. The Balaban J connectivity index is 2.67. The van der Waals surface area contributed by atoms with Gasteiger partial charge in [-0.2, -0.15) is 0 Å². The van der Waals surface area contributed by atoms with Crippen molar-refractivity contribution < 1.29 is 14.5 Å². The lowest BCUT2D eigenvalue weighted by atomic mass is 10.1. The van der Waals surface area contributed by atoms with Crippen LogP contribution in [-0.2, 0) is 9.59 Å². The number of hydrogen-bond donors (Lipinski definition) is 2. The van der Waals surface area contributed by atoms with E-state index >= 15 is 0 Å². The largest absolute Gasteiger partial charge is 0.369 e. The van der Waals surface area contributed by atoms with Gasteiger partial charge in [0.15, 0.2) is 0 Å². The van der Waals surface area contributed by atoms with Crippen LogP contribution in [0.2, 0.25) is 0 Å². The van der Waals surface area contributed by atoms with Gasteiger partial charge in [0.25, 0.3) is 5.69 Å². The van der Waals surface area contributed by atoms with Crippen LogP contribution in [0.3, 0.4) is 0 Å². The summed E-state index contributed by atoms with van der Waals surface area (Å²) in [5.41, 5.74) is 6.25. The van der Waals surface area contributed by atoms with E-state index in [2.05, 4.69) is 5.32 Å². The van der Waals surface area contributed by atoms with Gasteiger partial charge in [-0.25, -0.2) is 0 Å². The highest BCUT2D eigenvalue weighted by molar-refractivity contribution is 5.92. The van der Waals surface area contributed by atoms with E-state index in [0.29, 0.717) is 12.2 Å². The minimum Gasteiger partial charge on any atom is -0.369 e. The average molecular weight is 322 g/mol. The highest BCUT2D eigenvalue weighted by Gasteiger charge is 2.15. The Hall–Kier alpha value is -2.48. The van der Waals surface area contributed by atoms with E-state index in [1.54, 1.807) is 17.9 Å². The van der Waals surface area contributed by atoms with Gasteiger partial charge in [-0.1, -0.05) is 6.07 Å². The molecule has 0 aromatic heterocycles. The lowest BCUT2D eigenvalue weighted by Crippen LogP contribution is -2.40. The first kappa shape index (κ1) is 18.6. The van der Waals surface area contributed by atoms with E-state index in [4.69, 9.17) is 5.73 Å². The number of nitrogens with zero attached hydrogens (tertiary/aromatic N) is 2. The molecule has 1 rings (SSSR count). The molecule has 0 heterocycles. The molecule has 8 nitrogen and oxygen atoms in total. The van der Waals surface area contributed by atoms with Crippen LogP contribution in [0.25, 0.3) is 0 Å². The minimum absolute atomic E-state index is 0.0786. The quantitative estimate of drug-likeness (QED) is 0.554. The maximum atomic E-state index is 12.0. The zero-order valence-corrected chi connectivity index (χ0v) is 13.5. The number of nitrogens with two attached hydrogens (primary N) is 1. The number of benzene rings is 1. The molecule has 0 unspecified atom stereocenters. The average Bonchev–Trinajstić information content (AvgIpc) is 2.44. The Labute approximate surface area is 134 Å². The molecular weight excluding hydrogens is 300 g/mol. The zero-order chi connectivity index (χ0) is 17.6. The van der Waals surface area contributed by atoms with Gasteiger partial charge in [-0.05, 0) is 26.3 Å². The summed E-state index contributed by atoms with van der Waals surface area (Å²) in [6, 6.07) is 4.38. The summed E-state index contributed by atoms with van der Waals surface area (Å²) >= 11 is 0. The number of carbonyl (C=O) groups excluding carboxylic acids is 2. The summed E-state index contributed by atoms with van der Waals surface area (Å²) in [6.45, 7) is 6.03. The summed E-state index contributed by atoms with van der Waals surface area (Å²) in [4.78, 5) is 35.1. The van der Waals surface area contributed by atoms with Crippen LogP contribution in [0.4, 0.5) is 11.4 Å². The molecule has 0 spiro atoms. The maximum absolute atomic E-state index is 12.0. The van der Waals surface area contributed by atoms with Crippen LogP contribution in [0.15, 0.2) is 18.2 Å². The number of anilines is 1. The molecule has 0 saturated carbocycles. The number of aryl methyl sites for hydroxylation is 1. The van der Waals surface area contributed by atoms with Crippen molar-refractivity contribution in [1.29, 1.82) is 0 Å². The topological polar surface area (TPSA) is 119 Å². The van der Waals surface area contributed by atoms with Crippen LogP contribution in [0.1, 0.15) is 25.8 Å². The summed E-state index contributed by atoms with van der Waals surface area (Å²) in [6.07, 6.45) is 0.160. The molecule has 8 heteroatoms. The molecule has 3 N–H and O–H groups in total. The smallest absolute Gasteiger partial charge is 0.271 e. The second kappa shape index (κ2) is 8.23. The minimum atomic E-state index is -0.511. The molecular formula is C15H22N4O4. The molecule has 0 aliphatic heterocycles. The fraction of sp³-hybridized carbons (Fsp3) is 0.467. The van der Waals surface area contributed by atoms with Crippen molar-refractivity contribution >= 4 is 23.2 Å². The lowest BCUT2D eigenvalue weighted by Gasteiger charge is -2.24. The zero-order valence-electron chi connectivity index (χ0n) is 13.5. The predicted molar refractivity (Wildman–Crippen MR) is 87.0 cm³/mol. The van der Waals surface area contributed by atoms with Crippen molar-refractivity contribution in [2.24, 2.45) is 5.73 Å². The van der Waals surface area contributed by atoms with Gasteiger partial charge < -0.3 is 11.1 Å². The van der Waals surface area contributed by atoms with Crippen LogP contribution >= 0.6 is 0 Å². The summed E-state index contributed by atoms with van der Waals surface area (Å²) in [7, 11) is 0. The maximum Gasteiger partial charge on any atom is 0.271 e. The number of nitro benzene ring substituents is 1. The first-order valence-electron chi connectivity index (χ1n) is 7.28. The van der Waals surface area contributed by atoms with Crippen molar-refractivity contribution in [2.45, 2.75) is 33.2 Å². The van der Waals surface area contributed by atoms with E-state index in [-0.39, 0.29) is 30.6 Å². The molecule has 0 bridgehead atoms. The number of nitrogens with one attached hydrogen (secondary N) is 1. The molecule has 0 atom stereocenters. The molecule has 1 aromatic rings. The number of nitro groups is 1. The Bertz CT molecular complexity index is 601. The Morgan fingerprint density at radius 3 is 2.57 bits per heavy atom. The molecule has 1 aromatic carbocycles. The van der Waals surface area contributed by atoms with Crippen LogP contribution < -0.4 is 11.1 Å². The van der Waals surface area contributed by atoms with E-state index < -0.39 is 10.8 Å². The molecule has 126 valence electrons. The van der Waals surface area contributed by atoms with Gasteiger partial charge in [0, 0.05) is 31.1 Å². The number of rotatable bonds is 8. The standard InChI is InChI=1S/C15H22N4O4/c1-10(2)18(9-14(16)20)7-6-15(21)17-13-8-12(19(22)23)5-4-11(13)3/h4-5,8,10H,6-7,9H2,1-3H3,(H2,16,20)(H,17,21). The van der Waals surface area contributed by atoms with Crippen molar-refractivity contribution in [3.8, 4) is 0 Å². The Morgan fingerprint density at radius 1 is 1.39 bits per heavy atom. The van der Waals surface area contributed by atoms with Gasteiger partial charge in [0.2, 0.25) is 11.8 Å². The van der Waals surface area contributed by atoms with Crippen LogP contribution in [0, 0.1) is 17.0 Å². The Kier molecular flexibility index (Phi) is 6.65. The van der Waals surface area contributed by atoms with Crippen molar-refractivity contribution in [2.75, 3.05) is 18.4 Å².